The summed E-state index contributed by atoms with van der Waals surface area (Å²) >= 11 is 0. The molecule has 0 aliphatic rings. The van der Waals surface area contributed by atoms with E-state index in [4.69, 9.17) is 4.74 Å². The van der Waals surface area contributed by atoms with Crippen molar-refractivity contribution in [2.45, 2.75) is 11.8 Å². The second-order valence-corrected chi connectivity index (χ2v) is 8.87. The molecule has 0 saturated carbocycles. The Bertz CT molecular complexity index is 1420. The zero-order valence-corrected chi connectivity index (χ0v) is 17.4. The Morgan fingerprint density at radius 3 is 2.71 bits per heavy atom. The predicted octanol–water partition coefficient (Wildman–Crippen LogP) is 3.62. The van der Waals surface area contributed by atoms with E-state index in [-0.39, 0.29) is 27.8 Å². The number of anilines is 1. The molecule has 0 spiro atoms. The van der Waals surface area contributed by atoms with Crippen molar-refractivity contribution in [3.63, 3.8) is 0 Å². The van der Waals surface area contributed by atoms with Crippen molar-refractivity contribution in [3.8, 4) is 11.6 Å². The number of nitrogens with one attached hydrogen (secondary N) is 1. The lowest BCUT2D eigenvalue weighted by atomic mass is 10.2. The molecule has 0 aliphatic heterocycles. The third-order valence-electron chi connectivity index (χ3n) is 4.54. The van der Waals surface area contributed by atoms with Gasteiger partial charge >= 0.3 is 0 Å². The minimum Gasteiger partial charge on any atom is -0.434 e. The molecule has 31 heavy (non-hydrogen) atoms. The molecule has 1 amide bonds. The van der Waals surface area contributed by atoms with E-state index in [0.717, 1.165) is 17.9 Å². The van der Waals surface area contributed by atoms with Gasteiger partial charge in [-0.3, -0.25) is 4.79 Å². The lowest BCUT2D eigenvalue weighted by Crippen LogP contribution is -2.13. The smallest absolute Gasteiger partial charge is 0.255 e. The lowest BCUT2D eigenvalue weighted by Gasteiger charge is -2.10. The lowest BCUT2D eigenvalue weighted by molar-refractivity contribution is 0.102. The Balaban J connectivity index is 1.55. The average Bonchev–Trinajstić information content (AvgIpc) is 3.11. The first-order valence-corrected chi connectivity index (χ1v) is 11.0. The summed E-state index contributed by atoms with van der Waals surface area (Å²) in [6.45, 7) is 1.86. The van der Waals surface area contributed by atoms with E-state index in [1.165, 1.54) is 42.7 Å². The topological polar surface area (TPSA) is 103 Å². The highest BCUT2D eigenvalue weighted by Gasteiger charge is 2.15. The number of ether oxygens (including phenoxy) is 1. The van der Waals surface area contributed by atoms with Crippen molar-refractivity contribution in [2.75, 3.05) is 11.6 Å². The fraction of sp³-hybridized carbons (Fsp3) is 0.0952. The van der Waals surface area contributed by atoms with Crippen LogP contribution in [0, 0.1) is 12.7 Å². The van der Waals surface area contributed by atoms with Crippen LogP contribution in [-0.4, -0.2) is 35.2 Å². The summed E-state index contributed by atoms with van der Waals surface area (Å²) in [5.41, 5.74) is 1.81. The monoisotopic (exact) mass is 440 g/mol. The summed E-state index contributed by atoms with van der Waals surface area (Å²) in [5, 5.41) is 6.61. The van der Waals surface area contributed by atoms with E-state index in [9.17, 15) is 17.6 Å². The van der Waals surface area contributed by atoms with Gasteiger partial charge in [-0.2, -0.15) is 10.1 Å². The average molecular weight is 440 g/mol. The first-order valence-electron chi connectivity index (χ1n) is 9.10. The fourth-order valence-corrected chi connectivity index (χ4v) is 3.65. The Hall–Kier alpha value is -3.79. The van der Waals surface area contributed by atoms with E-state index in [1.807, 2.05) is 13.0 Å². The number of rotatable bonds is 5. The SMILES string of the molecule is Cc1ccn2ncnc(Oc3ccc(NC(=O)c4cccc(S(C)(=O)=O)c4)cc3F)c12. The van der Waals surface area contributed by atoms with Gasteiger partial charge < -0.3 is 10.1 Å². The second kappa shape index (κ2) is 7.80. The van der Waals surface area contributed by atoms with E-state index in [0.29, 0.717) is 5.52 Å². The van der Waals surface area contributed by atoms with Gasteiger partial charge in [0.25, 0.3) is 5.91 Å². The van der Waals surface area contributed by atoms with Crippen molar-refractivity contribution in [1.29, 1.82) is 0 Å². The molecule has 0 unspecified atom stereocenters. The quantitative estimate of drug-likeness (QED) is 0.508. The number of aromatic nitrogens is 3. The molecule has 2 heterocycles. The van der Waals surface area contributed by atoms with Gasteiger partial charge in [-0.1, -0.05) is 6.07 Å². The molecular formula is C21H17FN4O4S. The number of carbonyl (C=O) groups excluding carboxylic acids is 1. The third-order valence-corrected chi connectivity index (χ3v) is 5.65. The largest absolute Gasteiger partial charge is 0.434 e. The minimum absolute atomic E-state index is 0.0203. The highest BCUT2D eigenvalue weighted by atomic mass is 32.2. The number of aryl methyl sites for hydroxylation is 1. The molecule has 0 fully saturated rings. The van der Waals surface area contributed by atoms with Crippen LogP contribution in [0.15, 0.2) is 66.0 Å². The standard InChI is InChI=1S/C21H17FN4O4S/c1-13-8-9-26-19(13)21(23-12-24-26)30-18-7-6-15(11-17(18)22)25-20(27)14-4-3-5-16(10-14)31(2,28)29/h3-12H,1-2H3,(H,25,27). The predicted molar refractivity (Wildman–Crippen MR) is 112 cm³/mol. The van der Waals surface area contributed by atoms with Crippen molar-refractivity contribution >= 4 is 26.9 Å². The highest BCUT2D eigenvalue weighted by Crippen LogP contribution is 2.29. The van der Waals surface area contributed by atoms with Gasteiger partial charge in [0.15, 0.2) is 21.4 Å². The summed E-state index contributed by atoms with van der Waals surface area (Å²) in [6, 6.07) is 11.4. The number of nitrogens with zero attached hydrogens (tertiary/aromatic N) is 3. The van der Waals surface area contributed by atoms with Gasteiger partial charge in [0.2, 0.25) is 5.88 Å². The number of amides is 1. The maximum Gasteiger partial charge on any atom is 0.255 e. The summed E-state index contributed by atoms with van der Waals surface area (Å²) in [5.74, 6) is -1.15. The molecule has 2 aromatic carbocycles. The zero-order valence-electron chi connectivity index (χ0n) is 16.5. The van der Waals surface area contributed by atoms with Gasteiger partial charge in [-0.25, -0.2) is 17.3 Å². The number of carbonyl (C=O) groups is 1. The van der Waals surface area contributed by atoms with Crippen LogP contribution in [0.4, 0.5) is 10.1 Å². The van der Waals surface area contributed by atoms with Crippen molar-refractivity contribution in [1.82, 2.24) is 14.6 Å². The van der Waals surface area contributed by atoms with Crippen LogP contribution in [0.3, 0.4) is 0 Å². The summed E-state index contributed by atoms with van der Waals surface area (Å²) in [4.78, 5) is 16.6. The zero-order chi connectivity index (χ0) is 22.2. The molecule has 10 heteroatoms. The molecule has 0 aliphatic carbocycles. The number of fused-ring (bicyclic) bond motifs is 1. The number of halogens is 1. The fourth-order valence-electron chi connectivity index (χ4n) is 2.99. The Morgan fingerprint density at radius 2 is 1.97 bits per heavy atom. The molecule has 0 bridgehead atoms. The Morgan fingerprint density at radius 1 is 1.16 bits per heavy atom. The van der Waals surface area contributed by atoms with Gasteiger partial charge in [0.05, 0.1) is 4.90 Å². The molecule has 2 aromatic heterocycles. The van der Waals surface area contributed by atoms with Crippen molar-refractivity contribution in [2.24, 2.45) is 0 Å². The molecule has 158 valence electrons. The summed E-state index contributed by atoms with van der Waals surface area (Å²) in [7, 11) is -3.46. The summed E-state index contributed by atoms with van der Waals surface area (Å²) < 4.78 is 45.2. The maximum atomic E-state index is 14.6. The van der Waals surface area contributed by atoms with Crippen LogP contribution in [0.25, 0.3) is 5.52 Å². The van der Waals surface area contributed by atoms with Gasteiger partial charge in [-0.15, -0.1) is 0 Å². The summed E-state index contributed by atoms with van der Waals surface area (Å²) in [6.07, 6.45) is 4.10. The molecule has 8 nitrogen and oxygen atoms in total. The van der Waals surface area contributed by atoms with E-state index >= 15 is 0 Å². The molecule has 1 N–H and O–H groups in total. The van der Waals surface area contributed by atoms with Crippen LogP contribution in [0.5, 0.6) is 11.6 Å². The Labute approximate surface area is 177 Å². The van der Waals surface area contributed by atoms with E-state index in [2.05, 4.69) is 15.4 Å². The van der Waals surface area contributed by atoms with Crippen LogP contribution < -0.4 is 10.1 Å². The van der Waals surface area contributed by atoms with Crippen molar-refractivity contribution < 1.29 is 22.3 Å². The van der Waals surface area contributed by atoms with Gasteiger partial charge in [0, 0.05) is 29.8 Å². The third kappa shape index (κ3) is 4.24. The van der Waals surface area contributed by atoms with Crippen LogP contribution in [-0.2, 0) is 9.84 Å². The molecule has 0 radical (unpaired) electrons. The number of hydrogen-bond donors (Lipinski definition) is 1. The molecule has 0 atom stereocenters. The molecular weight excluding hydrogens is 423 g/mol. The van der Waals surface area contributed by atoms with E-state index < -0.39 is 21.6 Å². The molecule has 0 saturated heterocycles. The Kier molecular flexibility index (Phi) is 5.15. The van der Waals surface area contributed by atoms with Gasteiger partial charge in [-0.05, 0) is 48.9 Å². The minimum atomic E-state index is -3.46. The first kappa shape index (κ1) is 20.5. The van der Waals surface area contributed by atoms with Crippen LogP contribution in [0.1, 0.15) is 15.9 Å². The van der Waals surface area contributed by atoms with E-state index in [1.54, 1.807) is 10.7 Å². The first-order chi connectivity index (χ1) is 14.7. The van der Waals surface area contributed by atoms with Crippen molar-refractivity contribution in [3.05, 3.63) is 78.0 Å². The van der Waals surface area contributed by atoms with Crippen LogP contribution in [0.2, 0.25) is 0 Å². The molecule has 4 rings (SSSR count). The maximum absolute atomic E-state index is 14.6. The number of hydrogen-bond acceptors (Lipinski definition) is 6. The normalized spacial score (nSPS) is 11.5. The van der Waals surface area contributed by atoms with Gasteiger partial charge in [0.1, 0.15) is 11.8 Å². The number of sulfone groups is 1. The van der Waals surface area contributed by atoms with Crippen LogP contribution >= 0.6 is 0 Å². The highest BCUT2D eigenvalue weighted by molar-refractivity contribution is 7.90. The molecule has 4 aromatic rings. The second-order valence-electron chi connectivity index (χ2n) is 6.86. The number of benzene rings is 2.